The number of aryl methyl sites for hydroxylation is 1. The van der Waals surface area contributed by atoms with E-state index in [1.54, 1.807) is 0 Å². The third-order valence-electron chi connectivity index (χ3n) is 13.0. The molecule has 2 heteroatoms. The van der Waals surface area contributed by atoms with E-state index < -0.39 is 0 Å². The van der Waals surface area contributed by atoms with Gasteiger partial charge in [-0.3, -0.25) is 0 Å². The molecule has 0 N–H and O–H groups in total. The molecule has 12 aromatic carbocycles. The van der Waals surface area contributed by atoms with E-state index >= 15 is 0 Å². The van der Waals surface area contributed by atoms with Gasteiger partial charge in [0.15, 0.2) is 0 Å². The Bertz CT molecular complexity index is 3720. The first kappa shape index (κ1) is 38.2. The van der Waals surface area contributed by atoms with Gasteiger partial charge in [-0.1, -0.05) is 181 Å². The van der Waals surface area contributed by atoms with Crippen LogP contribution >= 0.6 is 0 Å². The average Bonchev–Trinajstić information content (AvgIpc) is 3.36. The Hall–Kier alpha value is -8.46. The van der Waals surface area contributed by atoms with Crippen molar-refractivity contribution in [2.45, 2.75) is 6.92 Å². The number of anilines is 6. The zero-order valence-electron chi connectivity index (χ0n) is 36.1. The molecule has 2 nitrogen and oxygen atoms in total. The highest BCUT2D eigenvalue weighted by Crippen LogP contribution is 2.49. The molecule has 12 rings (SSSR count). The van der Waals surface area contributed by atoms with Crippen LogP contribution in [0.1, 0.15) is 5.56 Å². The number of hydrogen-bond acceptors (Lipinski definition) is 2. The normalized spacial score (nSPS) is 11.5. The minimum atomic E-state index is 1.10. The van der Waals surface area contributed by atoms with E-state index in [0.717, 1.165) is 34.1 Å². The van der Waals surface area contributed by atoms with E-state index in [9.17, 15) is 0 Å². The van der Waals surface area contributed by atoms with Crippen LogP contribution in [0.2, 0.25) is 0 Å². The van der Waals surface area contributed by atoms with Gasteiger partial charge in [-0.25, -0.2) is 0 Å². The maximum Gasteiger partial charge on any atom is 0.0468 e. The number of hydrogen-bond donors (Lipinski definition) is 0. The van der Waals surface area contributed by atoms with Crippen LogP contribution in [0.15, 0.2) is 249 Å². The third-order valence-corrected chi connectivity index (χ3v) is 13.0. The lowest BCUT2D eigenvalue weighted by molar-refractivity contribution is 1.29. The molecular weight excluding hydrogens is 785 g/mol. The first-order chi connectivity index (χ1) is 32.1. The summed E-state index contributed by atoms with van der Waals surface area (Å²) in [5.74, 6) is 0. The fraction of sp³-hybridized carbons (Fsp3) is 0.0159. The molecule has 0 saturated heterocycles. The molecule has 0 unspecified atom stereocenters. The van der Waals surface area contributed by atoms with Gasteiger partial charge >= 0.3 is 0 Å². The molecule has 0 aromatic heterocycles. The van der Waals surface area contributed by atoms with Crippen molar-refractivity contribution in [1.29, 1.82) is 0 Å². The molecule has 0 amide bonds. The molecular formula is C63H44N2. The van der Waals surface area contributed by atoms with Crippen LogP contribution in [0.5, 0.6) is 0 Å². The minimum absolute atomic E-state index is 1.10. The highest BCUT2D eigenvalue weighted by Gasteiger charge is 2.23. The van der Waals surface area contributed by atoms with Crippen LogP contribution in [0, 0.1) is 6.92 Å². The van der Waals surface area contributed by atoms with Crippen molar-refractivity contribution in [1.82, 2.24) is 0 Å². The monoisotopic (exact) mass is 828 g/mol. The van der Waals surface area contributed by atoms with Gasteiger partial charge in [-0.15, -0.1) is 0 Å². The van der Waals surface area contributed by atoms with Crippen molar-refractivity contribution in [2.75, 3.05) is 9.80 Å². The van der Waals surface area contributed by atoms with Gasteiger partial charge in [0.1, 0.15) is 0 Å². The summed E-state index contributed by atoms with van der Waals surface area (Å²) in [6.07, 6.45) is 0. The third kappa shape index (κ3) is 6.84. The zero-order valence-corrected chi connectivity index (χ0v) is 36.1. The van der Waals surface area contributed by atoms with Gasteiger partial charge in [-0.05, 0) is 156 Å². The van der Waals surface area contributed by atoms with Crippen LogP contribution in [0.25, 0.3) is 76.1 Å². The summed E-state index contributed by atoms with van der Waals surface area (Å²) in [5.41, 5.74) is 12.7. The second-order valence-corrected chi connectivity index (χ2v) is 17.0. The van der Waals surface area contributed by atoms with E-state index in [1.165, 1.54) is 81.7 Å². The molecule has 0 atom stereocenters. The molecule has 0 radical (unpaired) electrons. The molecule has 0 spiro atoms. The van der Waals surface area contributed by atoms with Crippen molar-refractivity contribution < 1.29 is 0 Å². The van der Waals surface area contributed by atoms with Gasteiger partial charge < -0.3 is 9.80 Å². The van der Waals surface area contributed by atoms with Crippen LogP contribution in [-0.4, -0.2) is 0 Å². The second-order valence-electron chi connectivity index (χ2n) is 17.0. The Balaban J connectivity index is 1.18. The van der Waals surface area contributed by atoms with E-state index in [0.29, 0.717) is 0 Å². The molecule has 0 aliphatic heterocycles. The molecule has 0 fully saturated rings. The van der Waals surface area contributed by atoms with Crippen LogP contribution in [0.3, 0.4) is 0 Å². The van der Waals surface area contributed by atoms with Gasteiger partial charge in [0.2, 0.25) is 0 Å². The summed E-state index contributed by atoms with van der Waals surface area (Å²) in [6, 6.07) is 91.2. The summed E-state index contributed by atoms with van der Waals surface area (Å²) < 4.78 is 0. The largest absolute Gasteiger partial charge is 0.310 e. The summed E-state index contributed by atoms with van der Waals surface area (Å²) in [7, 11) is 0. The molecule has 0 bridgehead atoms. The first-order valence-electron chi connectivity index (χ1n) is 22.4. The van der Waals surface area contributed by atoms with E-state index in [2.05, 4.69) is 265 Å². The molecule has 0 saturated carbocycles. The molecule has 0 aliphatic rings. The highest BCUT2D eigenvalue weighted by atomic mass is 15.1. The number of fused-ring (bicyclic) bond motifs is 5. The van der Waals surface area contributed by atoms with Crippen LogP contribution in [0.4, 0.5) is 34.1 Å². The van der Waals surface area contributed by atoms with Crippen molar-refractivity contribution in [3.8, 4) is 22.3 Å². The second kappa shape index (κ2) is 16.0. The lowest BCUT2D eigenvalue weighted by Gasteiger charge is -2.28. The standard InChI is InChI=1S/C63H44N2/c1-43-27-29-47(30-28-43)62-58-37-35-55(65(51-23-6-3-7-24-51)53-34-32-45-16-9-11-19-49(45)40-53)42-61(58)63(57-26-14-20-46-17-12-13-25-56(46)57)59-38-36-54(41-60(59)62)64(50-21-4-2-5-22-50)52-33-31-44-15-8-10-18-48(44)39-52/h2-42H,1H3. The summed E-state index contributed by atoms with van der Waals surface area (Å²) in [4.78, 5) is 4.80. The molecule has 65 heavy (non-hydrogen) atoms. The Labute approximate surface area is 379 Å². The Kier molecular flexibility index (Phi) is 9.43. The topological polar surface area (TPSA) is 6.48 Å². The number of benzene rings is 12. The maximum atomic E-state index is 2.44. The minimum Gasteiger partial charge on any atom is -0.310 e. The first-order valence-corrected chi connectivity index (χ1v) is 22.4. The lowest BCUT2D eigenvalue weighted by Crippen LogP contribution is -2.10. The van der Waals surface area contributed by atoms with E-state index in [-0.39, 0.29) is 0 Å². The van der Waals surface area contributed by atoms with E-state index in [4.69, 9.17) is 0 Å². The number of para-hydroxylation sites is 2. The van der Waals surface area contributed by atoms with Gasteiger partial charge in [0, 0.05) is 34.1 Å². The number of rotatable bonds is 8. The zero-order chi connectivity index (χ0) is 43.3. The van der Waals surface area contributed by atoms with E-state index in [1.807, 2.05) is 0 Å². The molecule has 0 heterocycles. The Morgan fingerprint density at radius 2 is 0.677 bits per heavy atom. The fourth-order valence-corrected chi connectivity index (χ4v) is 9.93. The van der Waals surface area contributed by atoms with Crippen molar-refractivity contribution in [3.63, 3.8) is 0 Å². The van der Waals surface area contributed by atoms with Crippen molar-refractivity contribution in [3.05, 3.63) is 254 Å². The number of nitrogens with zero attached hydrogens (tertiary/aromatic N) is 2. The quantitative estimate of drug-likeness (QED) is 0.141. The average molecular weight is 829 g/mol. The Morgan fingerprint density at radius 1 is 0.246 bits per heavy atom. The van der Waals surface area contributed by atoms with Gasteiger partial charge in [0.05, 0.1) is 0 Å². The summed E-state index contributed by atoms with van der Waals surface area (Å²) >= 11 is 0. The van der Waals surface area contributed by atoms with Crippen molar-refractivity contribution in [2.24, 2.45) is 0 Å². The van der Waals surface area contributed by atoms with Crippen LogP contribution < -0.4 is 9.80 Å². The van der Waals surface area contributed by atoms with Gasteiger partial charge in [0.25, 0.3) is 0 Å². The smallest absolute Gasteiger partial charge is 0.0468 e. The summed E-state index contributed by atoms with van der Waals surface area (Å²) in [5, 5.41) is 12.1. The fourth-order valence-electron chi connectivity index (χ4n) is 9.93. The Morgan fingerprint density at radius 3 is 1.25 bits per heavy atom. The molecule has 306 valence electrons. The molecule has 0 aliphatic carbocycles. The van der Waals surface area contributed by atoms with Crippen LogP contribution in [-0.2, 0) is 0 Å². The van der Waals surface area contributed by atoms with Crippen molar-refractivity contribution >= 4 is 88.0 Å². The molecule has 12 aromatic rings. The lowest BCUT2D eigenvalue weighted by atomic mass is 9.84. The SMILES string of the molecule is Cc1ccc(-c2c3cc(N(c4ccccc4)c4ccc5ccccc5c4)ccc3c(-c3cccc4ccccc34)c3cc(N(c4ccccc4)c4ccc5ccccc5c4)ccc23)cc1. The highest BCUT2D eigenvalue weighted by molar-refractivity contribution is 6.24. The maximum absolute atomic E-state index is 2.44. The predicted molar refractivity (Wildman–Crippen MR) is 279 cm³/mol. The van der Waals surface area contributed by atoms with Gasteiger partial charge in [-0.2, -0.15) is 0 Å². The predicted octanol–water partition coefficient (Wildman–Crippen LogP) is 18.0. The summed E-state index contributed by atoms with van der Waals surface area (Å²) in [6.45, 7) is 2.17.